The minimum Gasteiger partial charge on any atom is -0.374 e. The Bertz CT molecular complexity index is 263. The van der Waals surface area contributed by atoms with E-state index < -0.39 is 12.8 Å². The van der Waals surface area contributed by atoms with Crippen molar-refractivity contribution in [2.45, 2.75) is 12.8 Å². The van der Waals surface area contributed by atoms with Crippen molar-refractivity contribution in [3.63, 3.8) is 0 Å². The minimum absolute atomic E-state index is 0.188. The van der Waals surface area contributed by atoms with Gasteiger partial charge in [-0.2, -0.15) is 0 Å². The van der Waals surface area contributed by atoms with Gasteiger partial charge in [-0.15, -0.1) is 0 Å². The summed E-state index contributed by atoms with van der Waals surface area (Å²) in [6, 6.07) is 7.49. The first-order chi connectivity index (χ1) is 6.72. The molecule has 0 amide bonds. The van der Waals surface area contributed by atoms with E-state index in [1.165, 1.54) is 0 Å². The Hall–Kier alpha value is -0.480. The zero-order chi connectivity index (χ0) is 10.4. The quantitative estimate of drug-likeness (QED) is 0.793. The fourth-order valence-corrected chi connectivity index (χ4v) is 1.19. The summed E-state index contributed by atoms with van der Waals surface area (Å²) in [5.74, 6) is 0. The normalized spacial score (nSPS) is 12.8. The molecule has 0 bridgehead atoms. The van der Waals surface area contributed by atoms with Crippen LogP contribution < -0.4 is 0 Å². The monoisotopic (exact) mass is 264 g/mol. The highest BCUT2D eigenvalue weighted by molar-refractivity contribution is 9.10. The number of ether oxygens (including phenoxy) is 1. The molecular formula is C10H11BrF2O. The molecular weight excluding hydrogens is 254 g/mol. The molecule has 0 fully saturated rings. The van der Waals surface area contributed by atoms with Crippen LogP contribution in [0.2, 0.25) is 0 Å². The van der Waals surface area contributed by atoms with Crippen LogP contribution in [0.3, 0.4) is 0 Å². The van der Waals surface area contributed by atoms with Crippen LogP contribution in [0.1, 0.15) is 5.56 Å². The van der Waals surface area contributed by atoms with E-state index in [1.807, 2.05) is 24.3 Å². The first-order valence-electron chi connectivity index (χ1n) is 4.24. The molecule has 0 N–H and O–H groups in total. The summed E-state index contributed by atoms with van der Waals surface area (Å²) in [6.45, 7) is -0.861. The second kappa shape index (κ2) is 6.09. The topological polar surface area (TPSA) is 9.23 Å². The molecule has 78 valence electrons. The summed E-state index contributed by atoms with van der Waals surface area (Å²) in [7, 11) is 0. The van der Waals surface area contributed by atoms with E-state index >= 15 is 0 Å². The third-order valence-electron chi connectivity index (χ3n) is 1.65. The molecule has 14 heavy (non-hydrogen) atoms. The molecule has 0 aromatic heterocycles. The van der Waals surface area contributed by atoms with Crippen molar-refractivity contribution >= 4 is 15.9 Å². The lowest BCUT2D eigenvalue weighted by Gasteiger charge is -2.05. The zero-order valence-electron chi connectivity index (χ0n) is 7.55. The molecule has 1 nitrogen and oxygen atoms in total. The Morgan fingerprint density at radius 2 is 1.93 bits per heavy atom. The summed E-state index contributed by atoms with van der Waals surface area (Å²) < 4.78 is 30.1. The second-order valence-corrected chi connectivity index (χ2v) is 3.81. The predicted octanol–water partition coefficient (Wildman–Crippen LogP) is 3.27. The van der Waals surface area contributed by atoms with Crippen LogP contribution in [-0.2, 0) is 11.3 Å². The molecule has 0 saturated heterocycles. The maximum atomic E-state index is 12.4. The first kappa shape index (κ1) is 11.6. The van der Waals surface area contributed by atoms with Gasteiger partial charge in [-0.1, -0.05) is 28.1 Å². The van der Waals surface area contributed by atoms with Crippen LogP contribution >= 0.6 is 15.9 Å². The van der Waals surface area contributed by atoms with Crippen molar-refractivity contribution < 1.29 is 13.5 Å². The Labute approximate surface area is 90.2 Å². The highest BCUT2D eigenvalue weighted by Gasteiger charge is 2.04. The molecule has 0 aliphatic heterocycles. The average molecular weight is 265 g/mol. The van der Waals surface area contributed by atoms with Crippen LogP contribution in [0.5, 0.6) is 0 Å². The van der Waals surface area contributed by atoms with E-state index in [-0.39, 0.29) is 6.61 Å². The molecule has 1 aromatic rings. The van der Waals surface area contributed by atoms with Gasteiger partial charge in [-0.05, 0) is 17.7 Å². The van der Waals surface area contributed by atoms with Crippen molar-refractivity contribution in [2.75, 3.05) is 13.3 Å². The van der Waals surface area contributed by atoms with E-state index in [9.17, 15) is 8.78 Å². The van der Waals surface area contributed by atoms with Crippen LogP contribution in [0, 0.1) is 0 Å². The second-order valence-electron chi connectivity index (χ2n) is 2.89. The molecule has 1 rings (SSSR count). The van der Waals surface area contributed by atoms with Crippen LogP contribution in [0.4, 0.5) is 8.78 Å². The van der Waals surface area contributed by atoms with Crippen molar-refractivity contribution in [3.05, 3.63) is 34.3 Å². The fraction of sp³-hybridized carbons (Fsp3) is 0.400. The van der Waals surface area contributed by atoms with Gasteiger partial charge in [-0.25, -0.2) is 8.78 Å². The van der Waals surface area contributed by atoms with Gasteiger partial charge in [-0.3, -0.25) is 0 Å². The summed E-state index contributed by atoms with van der Waals surface area (Å²) in [5.41, 5.74) is 0.944. The van der Waals surface area contributed by atoms with E-state index in [2.05, 4.69) is 15.9 Å². The minimum atomic E-state index is -1.51. The number of halogens is 3. The molecule has 0 aliphatic carbocycles. The van der Waals surface area contributed by atoms with Crippen LogP contribution in [-0.4, -0.2) is 19.5 Å². The lowest BCUT2D eigenvalue weighted by molar-refractivity contribution is 0.0596. The van der Waals surface area contributed by atoms with Crippen LogP contribution in [0.25, 0.3) is 0 Å². The smallest absolute Gasteiger partial charge is 0.152 e. The molecule has 0 radical (unpaired) electrons. The Kier molecular flexibility index (Phi) is 5.04. The van der Waals surface area contributed by atoms with Gasteiger partial charge >= 0.3 is 0 Å². The van der Waals surface area contributed by atoms with Gasteiger partial charge in [0.15, 0.2) is 6.17 Å². The molecule has 0 aliphatic rings. The molecule has 0 heterocycles. The Morgan fingerprint density at radius 3 is 2.50 bits per heavy atom. The number of alkyl halides is 2. The maximum Gasteiger partial charge on any atom is 0.152 e. The SMILES string of the molecule is FC[C@@H](F)COCc1ccc(Br)cc1. The lowest BCUT2D eigenvalue weighted by Crippen LogP contribution is -2.11. The van der Waals surface area contributed by atoms with Crippen molar-refractivity contribution in [3.8, 4) is 0 Å². The van der Waals surface area contributed by atoms with Gasteiger partial charge in [0.05, 0.1) is 13.2 Å². The number of hydrogen-bond acceptors (Lipinski definition) is 1. The summed E-state index contributed by atoms with van der Waals surface area (Å²) in [5, 5.41) is 0. The van der Waals surface area contributed by atoms with Gasteiger partial charge in [0.25, 0.3) is 0 Å². The highest BCUT2D eigenvalue weighted by atomic mass is 79.9. The number of hydrogen-bond donors (Lipinski definition) is 0. The van der Waals surface area contributed by atoms with E-state index in [0.29, 0.717) is 6.61 Å². The van der Waals surface area contributed by atoms with Crippen molar-refractivity contribution in [1.82, 2.24) is 0 Å². The van der Waals surface area contributed by atoms with Crippen LogP contribution in [0.15, 0.2) is 28.7 Å². The molecule has 0 spiro atoms. The standard InChI is InChI=1S/C10H11BrF2O/c11-9-3-1-8(2-4-9)6-14-7-10(13)5-12/h1-4,10H,5-7H2/t10-/m1/s1. The Balaban J connectivity index is 2.28. The van der Waals surface area contributed by atoms with Gasteiger partial charge < -0.3 is 4.74 Å². The highest BCUT2D eigenvalue weighted by Crippen LogP contribution is 2.11. The van der Waals surface area contributed by atoms with Gasteiger partial charge in [0, 0.05) is 4.47 Å². The average Bonchev–Trinajstić information content (AvgIpc) is 2.21. The van der Waals surface area contributed by atoms with E-state index in [1.54, 1.807) is 0 Å². The predicted molar refractivity (Wildman–Crippen MR) is 54.7 cm³/mol. The molecule has 1 atom stereocenters. The first-order valence-corrected chi connectivity index (χ1v) is 5.04. The largest absolute Gasteiger partial charge is 0.374 e. The van der Waals surface area contributed by atoms with Crippen molar-refractivity contribution in [2.24, 2.45) is 0 Å². The lowest BCUT2D eigenvalue weighted by atomic mass is 10.2. The third kappa shape index (κ3) is 4.15. The third-order valence-corrected chi connectivity index (χ3v) is 2.18. The molecule has 0 saturated carbocycles. The van der Waals surface area contributed by atoms with E-state index in [4.69, 9.17) is 4.74 Å². The summed E-state index contributed by atoms with van der Waals surface area (Å²) in [6.07, 6.45) is -1.51. The van der Waals surface area contributed by atoms with E-state index in [0.717, 1.165) is 10.0 Å². The maximum absolute atomic E-state index is 12.4. The summed E-state index contributed by atoms with van der Waals surface area (Å²) in [4.78, 5) is 0. The molecule has 1 aromatic carbocycles. The Morgan fingerprint density at radius 1 is 1.29 bits per heavy atom. The fourth-order valence-electron chi connectivity index (χ4n) is 0.930. The molecule has 0 unspecified atom stereocenters. The van der Waals surface area contributed by atoms with Gasteiger partial charge in [0.1, 0.15) is 6.67 Å². The molecule has 4 heteroatoms. The van der Waals surface area contributed by atoms with Gasteiger partial charge in [0.2, 0.25) is 0 Å². The van der Waals surface area contributed by atoms with Crippen molar-refractivity contribution in [1.29, 1.82) is 0 Å². The number of benzene rings is 1. The summed E-state index contributed by atoms with van der Waals surface area (Å²) >= 11 is 3.30. The zero-order valence-corrected chi connectivity index (χ0v) is 9.14. The number of rotatable bonds is 5.